The highest BCUT2D eigenvalue weighted by atomic mass is 32.1. The summed E-state index contributed by atoms with van der Waals surface area (Å²) >= 11 is 1.43. The van der Waals surface area contributed by atoms with Gasteiger partial charge in [0.25, 0.3) is 5.91 Å². The number of pyridine rings is 1. The van der Waals surface area contributed by atoms with Gasteiger partial charge in [-0.1, -0.05) is 68.5 Å². The van der Waals surface area contributed by atoms with E-state index in [-0.39, 0.29) is 41.2 Å². The second-order valence-corrected chi connectivity index (χ2v) is 23.6. The Labute approximate surface area is 451 Å². The van der Waals surface area contributed by atoms with Gasteiger partial charge < -0.3 is 20.1 Å². The molecule has 0 radical (unpaired) electrons. The Morgan fingerprint density at radius 3 is 2.49 bits per heavy atom. The van der Waals surface area contributed by atoms with Crippen molar-refractivity contribution in [3.8, 4) is 16.9 Å². The number of ether oxygens (including phenoxy) is 1. The molecule has 2 atom stereocenters. The van der Waals surface area contributed by atoms with E-state index < -0.39 is 17.3 Å². The molecule has 4 N–H and O–H groups in total. The van der Waals surface area contributed by atoms with Gasteiger partial charge in [0.1, 0.15) is 11.6 Å². The van der Waals surface area contributed by atoms with Crippen molar-refractivity contribution in [3.63, 3.8) is 0 Å². The molecule has 2 saturated heterocycles. The van der Waals surface area contributed by atoms with Gasteiger partial charge in [0.05, 0.1) is 40.5 Å². The minimum absolute atomic E-state index is 0.0191. The molecule has 11 rings (SSSR count). The average molecular weight is 1060 g/mol. The van der Waals surface area contributed by atoms with E-state index in [2.05, 4.69) is 62.7 Å². The molecule has 77 heavy (non-hydrogen) atoms. The van der Waals surface area contributed by atoms with Crippen molar-refractivity contribution >= 4 is 78.7 Å². The monoisotopic (exact) mass is 1060 g/mol. The summed E-state index contributed by atoms with van der Waals surface area (Å²) in [6, 6.07) is 27.1. The summed E-state index contributed by atoms with van der Waals surface area (Å²) in [7, 11) is 1.82. The predicted molar refractivity (Wildman–Crippen MR) is 299 cm³/mol. The van der Waals surface area contributed by atoms with Crippen molar-refractivity contribution in [2.75, 3.05) is 48.3 Å². The van der Waals surface area contributed by atoms with Crippen LogP contribution in [0.1, 0.15) is 127 Å². The first-order valence-electron chi connectivity index (χ1n) is 26.9. The van der Waals surface area contributed by atoms with Gasteiger partial charge in [-0.2, -0.15) is 5.10 Å². The zero-order valence-electron chi connectivity index (χ0n) is 44.3. The Kier molecular flexibility index (Phi) is 13.9. The zero-order chi connectivity index (χ0) is 53.8. The fraction of sp³-hybridized carbons (Fsp3) is 0.400. The molecule has 1 spiro atoms. The first-order chi connectivity index (χ1) is 37.0. The lowest BCUT2D eigenvalue weighted by Gasteiger charge is -2.39. The number of rotatable bonds is 13. The third-order valence-electron chi connectivity index (χ3n) is 16.5. The largest absolute Gasteiger partial charge is 0.493 e. The first-order valence-corrected chi connectivity index (χ1v) is 27.7. The molecule has 7 aromatic rings. The number of nitrogens with one attached hydrogen (secondary N) is 3. The fourth-order valence-electron chi connectivity index (χ4n) is 12.4. The zero-order valence-corrected chi connectivity index (χ0v) is 45.1. The number of amides is 4. The number of likely N-dealkylation sites (tertiary alicyclic amines) is 1. The van der Waals surface area contributed by atoms with Crippen LogP contribution in [-0.4, -0.2) is 92.1 Å². The molecule has 3 aliphatic heterocycles. The lowest BCUT2D eigenvalue weighted by molar-refractivity contribution is -0.134. The number of para-hydroxylation sites is 1. The molecule has 3 aromatic heterocycles. The van der Waals surface area contributed by atoms with E-state index in [9.17, 15) is 29.1 Å². The number of carbonyl (C=O) groups is 5. The van der Waals surface area contributed by atoms with Gasteiger partial charge in [-0.25, -0.2) is 14.8 Å². The number of hydrogen-bond acceptors (Lipinski definition) is 12. The summed E-state index contributed by atoms with van der Waals surface area (Å²) in [6.07, 6.45) is 7.82. The highest BCUT2D eigenvalue weighted by Crippen LogP contribution is 2.50. The van der Waals surface area contributed by atoms with E-state index in [0.29, 0.717) is 78.5 Å². The summed E-state index contributed by atoms with van der Waals surface area (Å²) in [4.78, 5) is 78.7. The molecule has 1 saturated carbocycles. The number of imide groups is 1. The second-order valence-electron chi connectivity index (χ2n) is 22.6. The Bertz CT molecular complexity index is 3460. The molecule has 1 unspecified atom stereocenters. The molecule has 17 heteroatoms. The van der Waals surface area contributed by atoms with Crippen LogP contribution in [0.2, 0.25) is 0 Å². The predicted octanol–water partition coefficient (Wildman–Crippen LogP) is 10.2. The number of carbonyl (C=O) groups excluding carboxylic acids is 4. The van der Waals surface area contributed by atoms with Crippen LogP contribution in [0, 0.1) is 18.3 Å². The lowest BCUT2D eigenvalue weighted by atomic mass is 9.76. The van der Waals surface area contributed by atoms with Crippen molar-refractivity contribution in [3.05, 3.63) is 124 Å². The fourth-order valence-corrected chi connectivity index (χ4v) is 13.2. The number of carboxylic acids is 1. The van der Waals surface area contributed by atoms with E-state index in [1.54, 1.807) is 4.68 Å². The molecular formula is C60H65N9O7S. The lowest BCUT2D eigenvalue weighted by Crippen LogP contribution is -2.42. The molecule has 4 aliphatic rings. The van der Waals surface area contributed by atoms with Crippen molar-refractivity contribution < 1.29 is 33.8 Å². The maximum atomic E-state index is 13.8. The van der Waals surface area contributed by atoms with E-state index in [4.69, 9.17) is 9.72 Å². The summed E-state index contributed by atoms with van der Waals surface area (Å²) in [5, 5.41) is 25.4. The summed E-state index contributed by atoms with van der Waals surface area (Å²) < 4.78 is 9.29. The van der Waals surface area contributed by atoms with Crippen LogP contribution < -0.4 is 25.6 Å². The van der Waals surface area contributed by atoms with Crippen molar-refractivity contribution in [1.29, 1.82) is 0 Å². The number of carboxylic acid groups (broad SMARTS) is 1. The van der Waals surface area contributed by atoms with Gasteiger partial charge in [-0.05, 0) is 164 Å². The molecule has 4 aromatic carbocycles. The maximum Gasteiger partial charge on any atom is 0.355 e. The highest BCUT2D eigenvalue weighted by molar-refractivity contribution is 7.22. The van der Waals surface area contributed by atoms with Crippen LogP contribution >= 0.6 is 11.3 Å². The number of piperidine rings is 2. The number of fused-ring (bicyclic) bond motifs is 3. The summed E-state index contributed by atoms with van der Waals surface area (Å²) in [6.45, 7) is 11.9. The molecule has 1 aliphatic carbocycles. The van der Waals surface area contributed by atoms with Gasteiger partial charge in [0.15, 0.2) is 10.8 Å². The van der Waals surface area contributed by atoms with Gasteiger partial charge in [0, 0.05) is 48.8 Å². The Hall–Kier alpha value is -7.50. The molecule has 4 amide bonds. The number of thiazole rings is 1. The van der Waals surface area contributed by atoms with Crippen LogP contribution in [0.25, 0.3) is 32.2 Å². The first kappa shape index (κ1) is 51.6. The van der Waals surface area contributed by atoms with E-state index in [0.717, 1.165) is 99.9 Å². The van der Waals surface area contributed by atoms with E-state index in [1.165, 1.54) is 17.8 Å². The molecule has 3 fully saturated rings. The maximum absolute atomic E-state index is 13.8. The molecular weight excluding hydrogens is 991 g/mol. The van der Waals surface area contributed by atoms with Gasteiger partial charge in [0.2, 0.25) is 17.7 Å². The molecule has 0 bridgehead atoms. The summed E-state index contributed by atoms with van der Waals surface area (Å²) in [5.41, 5.74) is 8.34. The Morgan fingerprint density at radius 2 is 1.71 bits per heavy atom. The highest BCUT2D eigenvalue weighted by Gasteiger charge is 2.41. The number of aryl methyl sites for hydroxylation is 1. The number of benzene rings is 4. The second kappa shape index (κ2) is 20.8. The van der Waals surface area contributed by atoms with Crippen molar-refractivity contribution in [1.82, 2.24) is 30.0 Å². The standard InChI is InChI=1S/C60H65N9O7S/c1-35-39(52-44(59(2,3)4)31-49(63-54(52)57(74)75)69-26-21-37-10-8-12-40(43(37)33-69)55(72)65-58-62-45-13-6-7-15-48(45)77-58)11-9-14-47(35)76-29-22-36-20-23-60(32-36)24-27-68(28-25-60)34-51(71)61-38-16-17-41-46(30-38)67(5)66-53(41)42-18-19-50(70)64-56(42)73/h6-17,30-31,36,42H,18-29,32-34H2,1-5H3,(H,61,71)(H,74,75)(H,62,65,72)(H,64,70,73)/t36-,42?/m1/s1. The van der Waals surface area contributed by atoms with E-state index >= 15 is 0 Å². The molecule has 16 nitrogen and oxygen atoms in total. The molecule has 6 heterocycles. The summed E-state index contributed by atoms with van der Waals surface area (Å²) in [5.74, 6) is -0.688. The van der Waals surface area contributed by atoms with Gasteiger partial charge in [-0.15, -0.1) is 0 Å². The van der Waals surface area contributed by atoms with Crippen LogP contribution in [-0.2, 0) is 39.8 Å². The number of aromatic carboxylic acids is 1. The van der Waals surface area contributed by atoms with Crippen LogP contribution in [0.3, 0.4) is 0 Å². The van der Waals surface area contributed by atoms with Crippen molar-refractivity contribution in [2.45, 2.75) is 103 Å². The SMILES string of the molecule is Cc1c(OCC[C@H]2CCC3(CCN(CC(=O)Nc4ccc5c(C6CCC(=O)NC6=O)nn(C)c5c4)CC3)C2)cccc1-c1c(C(C)(C)C)cc(N2CCc3cccc(C(=O)Nc4nc5ccccc5s4)c3C2)nc1C(=O)O. The number of nitrogens with zero attached hydrogens (tertiary/aromatic N) is 6. The van der Waals surface area contributed by atoms with Crippen molar-refractivity contribution in [2.24, 2.45) is 18.4 Å². The van der Waals surface area contributed by atoms with Crippen LogP contribution in [0.15, 0.2) is 84.9 Å². The minimum atomic E-state index is -1.11. The number of anilines is 3. The smallest absolute Gasteiger partial charge is 0.355 e. The normalized spacial score (nSPS) is 18.6. The Morgan fingerprint density at radius 1 is 0.909 bits per heavy atom. The van der Waals surface area contributed by atoms with Gasteiger partial charge >= 0.3 is 5.97 Å². The van der Waals surface area contributed by atoms with Crippen LogP contribution in [0.4, 0.5) is 16.6 Å². The third kappa shape index (κ3) is 10.5. The third-order valence-corrected chi connectivity index (χ3v) is 17.5. The Balaban J connectivity index is 0.711. The minimum Gasteiger partial charge on any atom is -0.493 e. The van der Waals surface area contributed by atoms with Gasteiger partial charge in [-0.3, -0.25) is 39.4 Å². The topological polar surface area (TPSA) is 201 Å². The number of hydrogen-bond donors (Lipinski definition) is 4. The number of aromatic nitrogens is 4. The quantitative estimate of drug-likeness (QED) is 0.0798. The molecule has 398 valence electrons. The van der Waals surface area contributed by atoms with Crippen LogP contribution in [0.5, 0.6) is 5.75 Å². The van der Waals surface area contributed by atoms with E-state index in [1.807, 2.05) is 92.8 Å². The average Bonchev–Trinajstić information content (AvgIpc) is 4.15.